The van der Waals surface area contributed by atoms with Gasteiger partial charge >= 0.3 is 0 Å². The summed E-state index contributed by atoms with van der Waals surface area (Å²) in [6.45, 7) is 1.85. The molecule has 0 aliphatic carbocycles. The molecule has 0 N–H and O–H groups in total. The Morgan fingerprint density at radius 1 is 1.27 bits per heavy atom. The summed E-state index contributed by atoms with van der Waals surface area (Å²) in [7, 11) is 0. The smallest absolute Gasteiger partial charge is 0.254 e. The second-order valence-electron chi connectivity index (χ2n) is 3.85. The molecule has 0 radical (unpaired) electrons. The molecule has 82 valence electrons. The number of halogens is 1. The number of hydrogen-bond acceptors (Lipinski definition) is 2. The van der Waals surface area contributed by atoms with Crippen molar-refractivity contribution in [1.82, 2.24) is 4.90 Å². The molecular formula is C11H14BrNOS. The lowest BCUT2D eigenvalue weighted by atomic mass is 10.2. The van der Waals surface area contributed by atoms with Crippen LogP contribution in [0.4, 0.5) is 0 Å². The van der Waals surface area contributed by atoms with Gasteiger partial charge in [-0.15, -0.1) is 11.3 Å². The van der Waals surface area contributed by atoms with Gasteiger partial charge in [0, 0.05) is 18.5 Å². The number of carbonyl (C=O) groups is 1. The Morgan fingerprint density at radius 2 is 1.93 bits per heavy atom. The molecule has 4 heteroatoms. The topological polar surface area (TPSA) is 20.3 Å². The summed E-state index contributed by atoms with van der Waals surface area (Å²) >= 11 is 4.96. The number of nitrogens with zero attached hydrogens (tertiary/aromatic N) is 1. The van der Waals surface area contributed by atoms with Crippen molar-refractivity contribution in [2.75, 3.05) is 13.1 Å². The van der Waals surface area contributed by atoms with Crippen LogP contribution in [0.3, 0.4) is 0 Å². The molecule has 2 rings (SSSR count). The second kappa shape index (κ2) is 5.12. The van der Waals surface area contributed by atoms with Gasteiger partial charge in [-0.25, -0.2) is 0 Å². The summed E-state index contributed by atoms with van der Waals surface area (Å²) in [6.07, 6.45) is 4.82. The zero-order chi connectivity index (χ0) is 10.7. The molecule has 2 heterocycles. The number of rotatable bonds is 1. The molecule has 0 atom stereocenters. The number of carbonyl (C=O) groups excluding carboxylic acids is 1. The van der Waals surface area contributed by atoms with Crippen LogP contribution in [0.15, 0.2) is 15.2 Å². The monoisotopic (exact) mass is 287 g/mol. The van der Waals surface area contributed by atoms with E-state index in [1.807, 2.05) is 16.3 Å². The van der Waals surface area contributed by atoms with E-state index < -0.39 is 0 Å². The highest BCUT2D eigenvalue weighted by Gasteiger charge is 2.17. The largest absolute Gasteiger partial charge is 0.339 e. The van der Waals surface area contributed by atoms with Gasteiger partial charge in [-0.1, -0.05) is 12.8 Å². The first-order chi connectivity index (χ1) is 7.27. The van der Waals surface area contributed by atoms with Crippen LogP contribution in [0.5, 0.6) is 0 Å². The minimum Gasteiger partial charge on any atom is -0.339 e. The van der Waals surface area contributed by atoms with E-state index in [1.54, 1.807) is 11.3 Å². The third-order valence-electron chi connectivity index (χ3n) is 2.71. The van der Waals surface area contributed by atoms with Crippen molar-refractivity contribution in [1.29, 1.82) is 0 Å². The fraction of sp³-hybridized carbons (Fsp3) is 0.545. The maximum absolute atomic E-state index is 12.1. The molecule has 15 heavy (non-hydrogen) atoms. The lowest BCUT2D eigenvalue weighted by Gasteiger charge is -2.19. The van der Waals surface area contributed by atoms with Gasteiger partial charge in [-0.2, -0.15) is 0 Å². The van der Waals surface area contributed by atoms with Gasteiger partial charge in [0.05, 0.1) is 9.35 Å². The van der Waals surface area contributed by atoms with E-state index in [4.69, 9.17) is 0 Å². The van der Waals surface area contributed by atoms with Crippen LogP contribution in [0.25, 0.3) is 0 Å². The van der Waals surface area contributed by atoms with Gasteiger partial charge in [0.2, 0.25) is 0 Å². The summed E-state index contributed by atoms with van der Waals surface area (Å²) in [4.78, 5) is 14.1. The molecule has 1 saturated heterocycles. The van der Waals surface area contributed by atoms with E-state index in [0.29, 0.717) is 0 Å². The van der Waals surface area contributed by atoms with Gasteiger partial charge < -0.3 is 4.90 Å². The van der Waals surface area contributed by atoms with E-state index in [-0.39, 0.29) is 5.91 Å². The molecule has 1 aliphatic heterocycles. The van der Waals surface area contributed by atoms with Crippen LogP contribution in [0.2, 0.25) is 0 Å². The highest BCUT2D eigenvalue weighted by molar-refractivity contribution is 9.11. The Hall–Kier alpha value is -0.350. The van der Waals surface area contributed by atoms with E-state index >= 15 is 0 Å². The second-order valence-corrected chi connectivity index (χ2v) is 6.14. The lowest BCUT2D eigenvalue weighted by Crippen LogP contribution is -2.31. The number of amides is 1. The fourth-order valence-corrected chi connectivity index (χ4v) is 3.01. The Bertz CT molecular complexity index is 342. The molecule has 1 aromatic rings. The Labute approximate surface area is 102 Å². The Kier molecular flexibility index (Phi) is 3.81. The number of thiophene rings is 1. The zero-order valence-corrected chi connectivity index (χ0v) is 10.9. The minimum absolute atomic E-state index is 0.193. The van der Waals surface area contributed by atoms with E-state index in [2.05, 4.69) is 15.9 Å². The summed E-state index contributed by atoms with van der Waals surface area (Å²) in [5, 5.41) is 1.93. The first-order valence-electron chi connectivity index (χ1n) is 5.31. The predicted molar refractivity (Wildman–Crippen MR) is 66.4 cm³/mol. The zero-order valence-electron chi connectivity index (χ0n) is 8.54. The van der Waals surface area contributed by atoms with Crippen molar-refractivity contribution in [2.24, 2.45) is 0 Å². The summed E-state index contributed by atoms with van der Waals surface area (Å²) in [5.74, 6) is 0.193. The summed E-state index contributed by atoms with van der Waals surface area (Å²) in [5.41, 5.74) is 0.828. The van der Waals surface area contributed by atoms with E-state index in [0.717, 1.165) is 35.3 Å². The average molecular weight is 288 g/mol. The fourth-order valence-electron chi connectivity index (χ4n) is 1.88. The maximum Gasteiger partial charge on any atom is 0.254 e. The van der Waals surface area contributed by atoms with Gasteiger partial charge in [0.15, 0.2) is 0 Å². The van der Waals surface area contributed by atoms with Crippen molar-refractivity contribution >= 4 is 33.2 Å². The Morgan fingerprint density at radius 3 is 2.47 bits per heavy atom. The third kappa shape index (κ3) is 2.82. The van der Waals surface area contributed by atoms with Gasteiger partial charge in [-0.05, 0) is 34.8 Å². The van der Waals surface area contributed by atoms with Crippen LogP contribution < -0.4 is 0 Å². The molecule has 0 bridgehead atoms. The molecule has 1 aliphatic rings. The molecule has 2 nitrogen and oxygen atoms in total. The molecule has 1 amide bonds. The van der Waals surface area contributed by atoms with Crippen molar-refractivity contribution in [3.63, 3.8) is 0 Å². The molecule has 0 unspecified atom stereocenters. The van der Waals surface area contributed by atoms with Gasteiger partial charge in [0.1, 0.15) is 0 Å². The molecule has 0 aromatic carbocycles. The van der Waals surface area contributed by atoms with Crippen molar-refractivity contribution in [3.05, 3.63) is 20.8 Å². The first kappa shape index (κ1) is 11.1. The number of likely N-dealkylation sites (tertiary alicyclic amines) is 1. The third-order valence-corrected chi connectivity index (χ3v) is 4.21. The molecule has 1 aromatic heterocycles. The molecule has 1 fully saturated rings. The van der Waals surface area contributed by atoms with Crippen molar-refractivity contribution < 1.29 is 4.79 Å². The maximum atomic E-state index is 12.1. The SMILES string of the molecule is O=C(c1csc(Br)c1)N1CCCCCC1. The normalized spacial score (nSPS) is 17.5. The van der Waals surface area contributed by atoms with Crippen LogP contribution in [0.1, 0.15) is 36.0 Å². The quantitative estimate of drug-likeness (QED) is 0.774. The highest BCUT2D eigenvalue weighted by atomic mass is 79.9. The molecule has 0 spiro atoms. The molecular weight excluding hydrogens is 274 g/mol. The predicted octanol–water partition coefficient (Wildman–Crippen LogP) is 3.53. The van der Waals surface area contributed by atoms with Crippen LogP contribution in [0, 0.1) is 0 Å². The standard InChI is InChI=1S/C11H14BrNOS/c12-10-7-9(8-15-10)11(14)13-5-3-1-2-4-6-13/h7-8H,1-6H2. The summed E-state index contributed by atoms with van der Waals surface area (Å²) in [6, 6.07) is 1.91. The van der Waals surface area contributed by atoms with E-state index in [1.165, 1.54) is 12.8 Å². The lowest BCUT2D eigenvalue weighted by molar-refractivity contribution is 0.0762. The van der Waals surface area contributed by atoms with Crippen molar-refractivity contribution in [2.45, 2.75) is 25.7 Å². The van der Waals surface area contributed by atoms with Gasteiger partial charge in [-0.3, -0.25) is 4.79 Å². The van der Waals surface area contributed by atoms with Crippen LogP contribution in [-0.4, -0.2) is 23.9 Å². The first-order valence-corrected chi connectivity index (χ1v) is 6.98. The van der Waals surface area contributed by atoms with Gasteiger partial charge in [0.25, 0.3) is 5.91 Å². The Balaban J connectivity index is 2.06. The molecule has 0 saturated carbocycles. The van der Waals surface area contributed by atoms with E-state index in [9.17, 15) is 4.79 Å². The van der Waals surface area contributed by atoms with Crippen LogP contribution >= 0.6 is 27.3 Å². The van der Waals surface area contributed by atoms with Crippen LogP contribution in [-0.2, 0) is 0 Å². The highest BCUT2D eigenvalue weighted by Crippen LogP contribution is 2.22. The number of hydrogen-bond donors (Lipinski definition) is 0. The average Bonchev–Trinajstić information content (AvgIpc) is 2.53. The summed E-state index contributed by atoms with van der Waals surface area (Å²) < 4.78 is 1.03. The van der Waals surface area contributed by atoms with Crippen molar-refractivity contribution in [3.8, 4) is 0 Å². The minimum atomic E-state index is 0.193.